The van der Waals surface area contributed by atoms with Crippen LogP contribution in [0.3, 0.4) is 0 Å². The Morgan fingerprint density at radius 2 is 2.04 bits per heavy atom. The Balaban J connectivity index is 1.65. The summed E-state index contributed by atoms with van der Waals surface area (Å²) in [5.74, 6) is 0.366. The van der Waals surface area contributed by atoms with Crippen LogP contribution in [0.15, 0.2) is 30.5 Å². The predicted molar refractivity (Wildman–Crippen MR) is 80.4 cm³/mol. The van der Waals surface area contributed by atoms with E-state index < -0.39 is 17.3 Å². The molecule has 24 heavy (non-hydrogen) atoms. The van der Waals surface area contributed by atoms with Crippen LogP contribution in [0, 0.1) is 11.3 Å². The topological polar surface area (TPSA) is 55.1 Å². The van der Waals surface area contributed by atoms with E-state index in [0.717, 1.165) is 25.3 Å². The molecular weight excluding hydrogens is 321 g/mol. The smallest absolute Gasteiger partial charge is 0.418 e. The number of para-hydroxylation sites is 1. The van der Waals surface area contributed by atoms with Crippen LogP contribution in [0.4, 0.5) is 13.2 Å². The van der Waals surface area contributed by atoms with Crippen molar-refractivity contribution in [2.75, 3.05) is 13.2 Å². The number of halogens is 3. The fourth-order valence-electron chi connectivity index (χ4n) is 2.63. The minimum Gasteiger partial charge on any atom is -0.490 e. The lowest BCUT2D eigenvalue weighted by Gasteiger charge is -2.34. The van der Waals surface area contributed by atoms with Gasteiger partial charge >= 0.3 is 6.18 Å². The van der Waals surface area contributed by atoms with E-state index in [1.54, 1.807) is 6.07 Å². The van der Waals surface area contributed by atoms with Crippen LogP contribution in [0.5, 0.6) is 5.75 Å². The van der Waals surface area contributed by atoms with Gasteiger partial charge in [-0.3, -0.25) is 4.98 Å². The van der Waals surface area contributed by atoms with Gasteiger partial charge < -0.3 is 9.47 Å². The number of hydrogen-bond acceptors (Lipinski definition) is 4. The molecule has 2 aromatic rings. The van der Waals surface area contributed by atoms with E-state index in [-0.39, 0.29) is 18.7 Å². The molecule has 0 atom stereocenters. The van der Waals surface area contributed by atoms with Crippen LogP contribution in [-0.4, -0.2) is 23.8 Å². The average molecular weight is 336 g/mol. The molecule has 0 radical (unpaired) electrons. The van der Waals surface area contributed by atoms with Crippen LogP contribution in [0.25, 0.3) is 10.9 Å². The van der Waals surface area contributed by atoms with Crippen LogP contribution < -0.4 is 4.74 Å². The molecule has 3 rings (SSSR count). The molecule has 0 amide bonds. The van der Waals surface area contributed by atoms with Gasteiger partial charge in [-0.05, 0) is 31.4 Å². The van der Waals surface area contributed by atoms with Gasteiger partial charge in [-0.2, -0.15) is 18.4 Å². The molecule has 1 saturated carbocycles. The first-order chi connectivity index (χ1) is 11.4. The second-order valence-corrected chi connectivity index (χ2v) is 5.70. The maximum Gasteiger partial charge on any atom is 0.418 e. The van der Waals surface area contributed by atoms with Crippen molar-refractivity contribution in [2.24, 2.45) is 0 Å². The minimum absolute atomic E-state index is 0.105. The molecule has 1 aromatic carbocycles. The standard InChI is InChI=1S/C17H15F3N2O2/c18-17(19,20)14-4-1-3-12-9-13(10-22-15(12)14)23-7-8-24-16(11-21)5-2-6-16/h1,3-4,9-10H,2,5-8H2. The molecular formula is C17H15F3N2O2. The highest BCUT2D eigenvalue weighted by molar-refractivity contribution is 5.83. The fraction of sp³-hybridized carbons (Fsp3) is 0.412. The summed E-state index contributed by atoms with van der Waals surface area (Å²) in [6, 6.07) is 7.58. The molecule has 0 aliphatic heterocycles. The molecule has 1 fully saturated rings. The fourth-order valence-corrected chi connectivity index (χ4v) is 2.63. The maximum atomic E-state index is 12.9. The Morgan fingerprint density at radius 1 is 1.25 bits per heavy atom. The Labute approximate surface area is 136 Å². The Hall–Kier alpha value is -2.33. The Kier molecular flexibility index (Phi) is 4.33. The number of benzene rings is 1. The molecule has 0 saturated heterocycles. The molecule has 1 aromatic heterocycles. The van der Waals surface area contributed by atoms with Crippen molar-refractivity contribution in [1.29, 1.82) is 5.26 Å². The van der Waals surface area contributed by atoms with Gasteiger partial charge in [-0.1, -0.05) is 12.1 Å². The zero-order valence-electron chi connectivity index (χ0n) is 12.8. The first-order valence-electron chi connectivity index (χ1n) is 7.58. The molecule has 7 heteroatoms. The lowest BCUT2D eigenvalue weighted by Crippen LogP contribution is -2.39. The van der Waals surface area contributed by atoms with E-state index in [4.69, 9.17) is 14.7 Å². The summed E-state index contributed by atoms with van der Waals surface area (Å²) in [6.07, 6.45) is -0.759. The molecule has 0 bridgehead atoms. The Morgan fingerprint density at radius 3 is 2.67 bits per heavy atom. The number of pyridine rings is 1. The van der Waals surface area contributed by atoms with Crippen molar-refractivity contribution < 1.29 is 22.6 Å². The van der Waals surface area contributed by atoms with Gasteiger partial charge in [-0.25, -0.2) is 0 Å². The van der Waals surface area contributed by atoms with Crippen LogP contribution in [0.2, 0.25) is 0 Å². The molecule has 1 heterocycles. The minimum atomic E-state index is -4.45. The Bertz CT molecular complexity index is 779. The number of ether oxygens (including phenoxy) is 2. The quantitative estimate of drug-likeness (QED) is 0.772. The van der Waals surface area contributed by atoms with Gasteiger partial charge in [0.15, 0.2) is 5.60 Å². The molecule has 1 aliphatic carbocycles. The van der Waals surface area contributed by atoms with Crippen molar-refractivity contribution >= 4 is 10.9 Å². The first-order valence-corrected chi connectivity index (χ1v) is 7.58. The lowest BCUT2D eigenvalue weighted by molar-refractivity contribution is -0.136. The van der Waals surface area contributed by atoms with Crippen LogP contribution >= 0.6 is 0 Å². The second kappa shape index (κ2) is 6.29. The third kappa shape index (κ3) is 3.29. The molecule has 1 aliphatic rings. The van der Waals surface area contributed by atoms with Gasteiger partial charge in [0.25, 0.3) is 0 Å². The number of hydrogen-bond donors (Lipinski definition) is 0. The van der Waals surface area contributed by atoms with E-state index in [1.807, 2.05) is 0 Å². The summed E-state index contributed by atoms with van der Waals surface area (Å²) in [6.45, 7) is 0.448. The molecule has 126 valence electrons. The number of alkyl halides is 3. The van der Waals surface area contributed by atoms with Gasteiger partial charge in [0.2, 0.25) is 0 Å². The SMILES string of the molecule is N#CC1(OCCOc2cnc3c(C(F)(F)F)cccc3c2)CCC1. The van der Waals surface area contributed by atoms with Crippen molar-refractivity contribution in [3.05, 3.63) is 36.0 Å². The number of fused-ring (bicyclic) bond motifs is 1. The summed E-state index contributed by atoms with van der Waals surface area (Å²) in [5, 5.41) is 9.40. The van der Waals surface area contributed by atoms with Crippen LogP contribution in [0.1, 0.15) is 24.8 Å². The highest BCUT2D eigenvalue weighted by Crippen LogP contribution is 2.35. The summed E-state index contributed by atoms with van der Waals surface area (Å²) in [7, 11) is 0. The zero-order chi connectivity index (χ0) is 17.2. The highest BCUT2D eigenvalue weighted by Gasteiger charge is 2.38. The lowest BCUT2D eigenvalue weighted by atomic mass is 9.81. The van der Waals surface area contributed by atoms with Crippen molar-refractivity contribution in [3.8, 4) is 11.8 Å². The summed E-state index contributed by atoms with van der Waals surface area (Å²) >= 11 is 0. The molecule has 0 spiro atoms. The van der Waals surface area contributed by atoms with Gasteiger partial charge in [0, 0.05) is 5.39 Å². The number of nitriles is 1. The highest BCUT2D eigenvalue weighted by atomic mass is 19.4. The summed E-state index contributed by atoms with van der Waals surface area (Å²) in [5.41, 5.74) is -1.56. The third-order valence-electron chi connectivity index (χ3n) is 4.09. The molecule has 4 nitrogen and oxygen atoms in total. The van der Waals surface area contributed by atoms with Gasteiger partial charge in [0.05, 0.1) is 30.0 Å². The first kappa shape index (κ1) is 16.5. The van der Waals surface area contributed by atoms with Crippen molar-refractivity contribution in [1.82, 2.24) is 4.98 Å². The number of rotatable bonds is 5. The summed E-state index contributed by atoms with van der Waals surface area (Å²) < 4.78 is 49.8. The van der Waals surface area contributed by atoms with Crippen molar-refractivity contribution in [3.63, 3.8) is 0 Å². The van der Waals surface area contributed by atoms with Gasteiger partial charge in [0.1, 0.15) is 12.4 Å². The third-order valence-corrected chi connectivity index (χ3v) is 4.09. The van der Waals surface area contributed by atoms with Crippen molar-refractivity contribution in [2.45, 2.75) is 31.0 Å². The van der Waals surface area contributed by atoms with E-state index in [9.17, 15) is 13.2 Å². The predicted octanol–water partition coefficient (Wildman–Crippen LogP) is 4.10. The second-order valence-electron chi connectivity index (χ2n) is 5.70. The largest absolute Gasteiger partial charge is 0.490 e. The van der Waals surface area contributed by atoms with Crippen LogP contribution in [-0.2, 0) is 10.9 Å². The maximum absolute atomic E-state index is 12.9. The molecule has 0 unspecified atom stereocenters. The van der Waals surface area contributed by atoms with E-state index in [2.05, 4.69) is 11.1 Å². The average Bonchev–Trinajstić information content (AvgIpc) is 2.52. The van der Waals surface area contributed by atoms with E-state index in [1.165, 1.54) is 18.3 Å². The normalized spacial score (nSPS) is 16.4. The van der Waals surface area contributed by atoms with Gasteiger partial charge in [-0.15, -0.1) is 0 Å². The summed E-state index contributed by atoms with van der Waals surface area (Å²) in [4.78, 5) is 3.88. The number of nitrogens with zero attached hydrogens (tertiary/aromatic N) is 2. The molecule has 0 N–H and O–H groups in total. The zero-order valence-corrected chi connectivity index (χ0v) is 12.8. The van der Waals surface area contributed by atoms with E-state index in [0.29, 0.717) is 11.1 Å². The van der Waals surface area contributed by atoms with E-state index >= 15 is 0 Å². The number of aromatic nitrogens is 1. The monoisotopic (exact) mass is 336 g/mol.